The average molecular weight is 280 g/mol. The fraction of sp³-hybridized carbons (Fsp3) is 0.308. The number of aryl methyl sites for hydroxylation is 3. The molecule has 3 nitrogen and oxygen atoms in total. The summed E-state index contributed by atoms with van der Waals surface area (Å²) in [6.45, 7) is 5.98. The lowest BCUT2D eigenvalue weighted by atomic mass is 10.3. The van der Waals surface area contributed by atoms with E-state index in [1.165, 1.54) is 5.56 Å². The minimum atomic E-state index is 0.492. The molecule has 2 rings (SSSR count). The van der Waals surface area contributed by atoms with E-state index in [1.807, 2.05) is 13.8 Å². The molecule has 0 fully saturated rings. The molecule has 0 aliphatic rings. The van der Waals surface area contributed by atoms with Crippen molar-refractivity contribution in [1.29, 1.82) is 0 Å². The van der Waals surface area contributed by atoms with Crippen LogP contribution in [-0.4, -0.2) is 15.0 Å². The highest BCUT2D eigenvalue weighted by Gasteiger charge is 2.04. The van der Waals surface area contributed by atoms with Gasteiger partial charge in [0.1, 0.15) is 11.0 Å². The van der Waals surface area contributed by atoms with E-state index in [1.54, 1.807) is 17.8 Å². The summed E-state index contributed by atoms with van der Waals surface area (Å²) in [6, 6.07) is 5.88. The van der Waals surface area contributed by atoms with Crippen molar-refractivity contribution in [1.82, 2.24) is 15.0 Å². The molecule has 0 atom stereocenters. The number of rotatable bonds is 3. The minimum Gasteiger partial charge on any atom is -0.247 e. The highest BCUT2D eigenvalue weighted by atomic mass is 35.5. The Kier molecular flexibility index (Phi) is 4.19. The van der Waals surface area contributed by atoms with E-state index in [4.69, 9.17) is 11.6 Å². The second-order valence-electron chi connectivity index (χ2n) is 4.16. The molecule has 0 saturated heterocycles. The number of hydrogen-bond acceptors (Lipinski definition) is 4. The molecule has 2 aromatic rings. The fourth-order valence-corrected chi connectivity index (χ4v) is 2.81. The van der Waals surface area contributed by atoms with Gasteiger partial charge in [-0.2, -0.15) is 0 Å². The van der Waals surface area contributed by atoms with Gasteiger partial charge in [0.2, 0.25) is 0 Å². The van der Waals surface area contributed by atoms with Crippen molar-refractivity contribution in [3.05, 3.63) is 46.1 Å². The number of pyridine rings is 1. The zero-order valence-electron chi connectivity index (χ0n) is 10.6. The average Bonchev–Trinajstić information content (AvgIpc) is 2.23. The van der Waals surface area contributed by atoms with Gasteiger partial charge in [-0.1, -0.05) is 23.4 Å². The van der Waals surface area contributed by atoms with E-state index >= 15 is 0 Å². The molecule has 0 N–H and O–H groups in total. The van der Waals surface area contributed by atoms with Gasteiger partial charge in [0.15, 0.2) is 0 Å². The number of thioether (sulfide) groups is 1. The van der Waals surface area contributed by atoms with Gasteiger partial charge in [-0.15, -0.1) is 0 Å². The molecule has 0 aliphatic carbocycles. The Morgan fingerprint density at radius 3 is 2.39 bits per heavy atom. The summed E-state index contributed by atoms with van der Waals surface area (Å²) >= 11 is 7.53. The van der Waals surface area contributed by atoms with E-state index in [0.717, 1.165) is 22.2 Å². The van der Waals surface area contributed by atoms with Crippen molar-refractivity contribution in [2.45, 2.75) is 31.6 Å². The third-order valence-electron chi connectivity index (χ3n) is 2.29. The Labute approximate surface area is 116 Å². The molecule has 0 aliphatic heterocycles. The molecule has 2 heterocycles. The summed E-state index contributed by atoms with van der Waals surface area (Å²) in [5.41, 5.74) is 3.13. The lowest BCUT2D eigenvalue weighted by Crippen LogP contribution is -1.96. The number of hydrogen-bond donors (Lipinski definition) is 0. The third kappa shape index (κ3) is 3.68. The van der Waals surface area contributed by atoms with Gasteiger partial charge in [-0.05, 0) is 44.5 Å². The highest BCUT2D eigenvalue weighted by Crippen LogP contribution is 2.21. The van der Waals surface area contributed by atoms with E-state index in [-0.39, 0.29) is 0 Å². The van der Waals surface area contributed by atoms with Crippen molar-refractivity contribution in [2.24, 2.45) is 0 Å². The summed E-state index contributed by atoms with van der Waals surface area (Å²) in [6.07, 6.45) is 0. The smallest absolute Gasteiger partial charge is 0.140 e. The Bertz CT molecular complexity index is 480. The molecule has 0 spiro atoms. The normalized spacial score (nSPS) is 10.7. The molecule has 0 unspecified atom stereocenters. The van der Waals surface area contributed by atoms with Crippen LogP contribution in [0.2, 0.25) is 5.15 Å². The van der Waals surface area contributed by atoms with Crippen LogP contribution in [0.15, 0.2) is 23.2 Å². The zero-order valence-corrected chi connectivity index (χ0v) is 12.1. The van der Waals surface area contributed by atoms with Gasteiger partial charge in [0.05, 0.1) is 10.8 Å². The van der Waals surface area contributed by atoms with E-state index in [9.17, 15) is 0 Å². The van der Waals surface area contributed by atoms with Crippen molar-refractivity contribution < 1.29 is 0 Å². The van der Waals surface area contributed by atoms with Gasteiger partial charge in [-0.25, -0.2) is 15.0 Å². The van der Waals surface area contributed by atoms with E-state index < -0.39 is 0 Å². The van der Waals surface area contributed by atoms with Crippen LogP contribution in [0.4, 0.5) is 0 Å². The first kappa shape index (κ1) is 13.3. The second kappa shape index (κ2) is 5.67. The zero-order chi connectivity index (χ0) is 13.1. The van der Waals surface area contributed by atoms with Crippen molar-refractivity contribution in [3.8, 4) is 0 Å². The van der Waals surface area contributed by atoms with Crippen molar-refractivity contribution in [3.63, 3.8) is 0 Å². The maximum atomic E-state index is 5.91. The maximum absolute atomic E-state index is 5.91. The Hall–Kier alpha value is -1.13. The molecule has 5 heteroatoms. The molecular formula is C13H14ClN3S. The molecule has 0 radical (unpaired) electrons. The van der Waals surface area contributed by atoms with E-state index in [0.29, 0.717) is 10.9 Å². The van der Waals surface area contributed by atoms with Crippen LogP contribution >= 0.6 is 23.4 Å². The predicted molar refractivity (Wildman–Crippen MR) is 75.1 cm³/mol. The first-order valence-corrected chi connectivity index (χ1v) is 6.97. The van der Waals surface area contributed by atoms with Crippen LogP contribution in [0.3, 0.4) is 0 Å². The largest absolute Gasteiger partial charge is 0.247 e. The standard InChI is InChI=1S/C13H14ClN3S/c1-8-4-9(2)16-13(5-8)18-7-12-15-10(3)6-11(14)17-12/h4-6H,7H2,1-3H3. The SMILES string of the molecule is Cc1cc(C)nc(SCc2nc(C)cc(Cl)n2)c1. The Morgan fingerprint density at radius 1 is 1.00 bits per heavy atom. The van der Waals surface area contributed by atoms with Crippen molar-refractivity contribution >= 4 is 23.4 Å². The minimum absolute atomic E-state index is 0.492. The third-order valence-corrected chi connectivity index (χ3v) is 3.39. The van der Waals surface area contributed by atoms with Gasteiger partial charge < -0.3 is 0 Å². The Balaban J connectivity index is 2.11. The maximum Gasteiger partial charge on any atom is 0.140 e. The highest BCUT2D eigenvalue weighted by molar-refractivity contribution is 7.98. The van der Waals surface area contributed by atoms with Crippen molar-refractivity contribution in [2.75, 3.05) is 0 Å². The lowest BCUT2D eigenvalue weighted by molar-refractivity contribution is 0.988. The van der Waals surface area contributed by atoms with Gasteiger partial charge in [0.25, 0.3) is 0 Å². The topological polar surface area (TPSA) is 38.7 Å². The molecule has 2 aromatic heterocycles. The molecule has 0 bridgehead atoms. The fourth-order valence-electron chi connectivity index (χ4n) is 1.67. The van der Waals surface area contributed by atoms with Crippen LogP contribution in [0.5, 0.6) is 0 Å². The summed E-state index contributed by atoms with van der Waals surface area (Å²) in [4.78, 5) is 13.0. The van der Waals surface area contributed by atoms with E-state index in [2.05, 4.69) is 34.0 Å². The van der Waals surface area contributed by atoms with Crippen LogP contribution in [-0.2, 0) is 5.75 Å². The lowest BCUT2D eigenvalue weighted by Gasteiger charge is -2.04. The molecule has 18 heavy (non-hydrogen) atoms. The van der Waals surface area contributed by atoms with Crippen LogP contribution in [0.25, 0.3) is 0 Å². The van der Waals surface area contributed by atoms with Crippen LogP contribution in [0.1, 0.15) is 22.8 Å². The first-order chi connectivity index (χ1) is 8.52. The van der Waals surface area contributed by atoms with Gasteiger partial charge >= 0.3 is 0 Å². The number of aromatic nitrogens is 3. The number of nitrogens with zero attached hydrogens (tertiary/aromatic N) is 3. The molecular weight excluding hydrogens is 266 g/mol. The van der Waals surface area contributed by atoms with Crippen LogP contribution in [0, 0.1) is 20.8 Å². The van der Waals surface area contributed by atoms with Gasteiger partial charge in [0, 0.05) is 11.4 Å². The number of halogens is 1. The quantitative estimate of drug-likeness (QED) is 0.634. The van der Waals surface area contributed by atoms with Crippen LogP contribution < -0.4 is 0 Å². The molecule has 0 saturated carbocycles. The molecule has 0 amide bonds. The monoisotopic (exact) mass is 279 g/mol. The predicted octanol–water partition coefficient (Wildman–Crippen LogP) is 3.74. The summed E-state index contributed by atoms with van der Waals surface area (Å²) < 4.78 is 0. The molecule has 0 aromatic carbocycles. The molecule has 94 valence electrons. The summed E-state index contributed by atoms with van der Waals surface area (Å²) in [7, 11) is 0. The van der Waals surface area contributed by atoms with Gasteiger partial charge in [-0.3, -0.25) is 0 Å². The first-order valence-electron chi connectivity index (χ1n) is 5.61. The summed E-state index contributed by atoms with van der Waals surface area (Å²) in [5.74, 6) is 1.42. The Morgan fingerprint density at radius 2 is 1.72 bits per heavy atom. The second-order valence-corrected chi connectivity index (χ2v) is 5.54. The summed E-state index contributed by atoms with van der Waals surface area (Å²) in [5, 5.41) is 1.49.